The number of unbranched alkanes of at least 4 members (excludes halogenated alkanes) is 1. The van der Waals surface area contributed by atoms with Crippen molar-refractivity contribution in [2.45, 2.75) is 71.9 Å². The van der Waals surface area contributed by atoms with Crippen molar-refractivity contribution in [1.29, 1.82) is 0 Å². The van der Waals surface area contributed by atoms with Crippen LogP contribution in [0.15, 0.2) is 0 Å². The second-order valence-electron chi connectivity index (χ2n) is 6.90. The molecule has 0 saturated carbocycles. The average Bonchev–Trinajstić information content (AvgIpc) is 2.42. The Balaban J connectivity index is 2.36. The molecule has 1 aliphatic rings. The second kappa shape index (κ2) is 9.01. The molecule has 0 aliphatic carbocycles. The van der Waals surface area contributed by atoms with Gasteiger partial charge >= 0.3 is 0 Å². The third kappa shape index (κ3) is 5.71. The van der Waals surface area contributed by atoms with Crippen molar-refractivity contribution >= 4 is 0 Å². The number of hydrogen-bond acceptors (Lipinski definition) is 3. The largest absolute Gasteiger partial charge is 0.381 e. The van der Waals surface area contributed by atoms with Gasteiger partial charge in [0, 0.05) is 44.4 Å². The lowest BCUT2D eigenvalue weighted by molar-refractivity contribution is 0.0473. The highest BCUT2D eigenvalue weighted by atomic mass is 16.5. The predicted octanol–water partition coefficient (Wildman–Crippen LogP) is 3.29. The van der Waals surface area contributed by atoms with E-state index in [1.54, 1.807) is 0 Å². The molecule has 2 atom stereocenters. The molecule has 0 radical (unpaired) electrons. The molecule has 1 N–H and O–H groups in total. The van der Waals surface area contributed by atoms with Gasteiger partial charge in [0.25, 0.3) is 0 Å². The molecule has 3 nitrogen and oxygen atoms in total. The lowest BCUT2D eigenvalue weighted by Crippen LogP contribution is -2.64. The van der Waals surface area contributed by atoms with E-state index in [4.69, 9.17) is 4.74 Å². The Morgan fingerprint density at radius 3 is 2.55 bits per heavy atom. The number of piperazine rings is 1. The molecule has 20 heavy (non-hydrogen) atoms. The van der Waals surface area contributed by atoms with E-state index < -0.39 is 0 Å². The summed E-state index contributed by atoms with van der Waals surface area (Å²) in [5.41, 5.74) is 0.286. The Bertz CT molecular complexity index is 257. The van der Waals surface area contributed by atoms with Crippen molar-refractivity contribution < 1.29 is 4.74 Å². The van der Waals surface area contributed by atoms with Gasteiger partial charge in [0.2, 0.25) is 0 Å². The predicted molar refractivity (Wildman–Crippen MR) is 87.2 cm³/mol. The SMILES string of the molecule is CCCCOCCCN1CC(C)(CC)NCC1C(C)C. The summed E-state index contributed by atoms with van der Waals surface area (Å²) in [6.45, 7) is 16.8. The molecule has 0 aromatic rings. The first-order chi connectivity index (χ1) is 9.52. The standard InChI is InChI=1S/C17H36N2O/c1-6-8-11-20-12-9-10-19-14-17(5,7-2)18-13-16(19)15(3)4/h15-16,18H,6-14H2,1-5H3. The van der Waals surface area contributed by atoms with Gasteiger partial charge in [-0.15, -0.1) is 0 Å². The maximum atomic E-state index is 5.70. The van der Waals surface area contributed by atoms with E-state index in [0.29, 0.717) is 12.0 Å². The molecule has 1 rings (SSSR count). The normalized spacial score (nSPS) is 28.2. The van der Waals surface area contributed by atoms with Gasteiger partial charge in [-0.3, -0.25) is 4.90 Å². The summed E-state index contributed by atoms with van der Waals surface area (Å²) in [4.78, 5) is 2.69. The highest BCUT2D eigenvalue weighted by Gasteiger charge is 2.35. The van der Waals surface area contributed by atoms with Crippen molar-refractivity contribution in [3.63, 3.8) is 0 Å². The minimum absolute atomic E-state index is 0.286. The zero-order valence-corrected chi connectivity index (χ0v) is 14.4. The third-order valence-corrected chi connectivity index (χ3v) is 4.69. The molecule has 1 aliphatic heterocycles. The Labute approximate surface area is 126 Å². The topological polar surface area (TPSA) is 24.5 Å². The van der Waals surface area contributed by atoms with Crippen LogP contribution >= 0.6 is 0 Å². The van der Waals surface area contributed by atoms with Crippen LogP contribution in [-0.2, 0) is 4.74 Å². The Kier molecular flexibility index (Phi) is 8.08. The summed E-state index contributed by atoms with van der Waals surface area (Å²) in [5.74, 6) is 0.713. The molecule has 0 aromatic carbocycles. The van der Waals surface area contributed by atoms with E-state index in [1.807, 2.05) is 0 Å². The van der Waals surface area contributed by atoms with Crippen molar-refractivity contribution in [3.05, 3.63) is 0 Å². The van der Waals surface area contributed by atoms with Crippen LogP contribution in [-0.4, -0.2) is 49.3 Å². The zero-order valence-electron chi connectivity index (χ0n) is 14.4. The minimum atomic E-state index is 0.286. The van der Waals surface area contributed by atoms with E-state index in [0.717, 1.165) is 26.2 Å². The Hall–Kier alpha value is -0.120. The molecule has 3 heteroatoms. The fourth-order valence-corrected chi connectivity index (χ4v) is 2.96. The molecule has 120 valence electrons. The lowest BCUT2D eigenvalue weighted by Gasteiger charge is -2.47. The maximum Gasteiger partial charge on any atom is 0.0478 e. The van der Waals surface area contributed by atoms with Gasteiger partial charge in [-0.25, -0.2) is 0 Å². The van der Waals surface area contributed by atoms with Crippen LogP contribution in [0.25, 0.3) is 0 Å². The molecule has 0 spiro atoms. The van der Waals surface area contributed by atoms with E-state index in [9.17, 15) is 0 Å². The third-order valence-electron chi connectivity index (χ3n) is 4.69. The first-order valence-electron chi connectivity index (χ1n) is 8.59. The van der Waals surface area contributed by atoms with Crippen LogP contribution in [0.2, 0.25) is 0 Å². The van der Waals surface area contributed by atoms with Crippen LogP contribution in [0.1, 0.15) is 60.3 Å². The first-order valence-corrected chi connectivity index (χ1v) is 8.59. The molecule has 0 aromatic heterocycles. The first kappa shape index (κ1) is 17.9. The molecule has 0 amide bonds. The van der Waals surface area contributed by atoms with Gasteiger partial charge in [-0.05, 0) is 32.1 Å². The van der Waals surface area contributed by atoms with Crippen molar-refractivity contribution in [2.75, 3.05) is 32.8 Å². The van der Waals surface area contributed by atoms with Crippen molar-refractivity contribution in [3.8, 4) is 0 Å². The van der Waals surface area contributed by atoms with E-state index >= 15 is 0 Å². The summed E-state index contributed by atoms with van der Waals surface area (Å²) in [5, 5.41) is 3.75. The Morgan fingerprint density at radius 1 is 1.25 bits per heavy atom. The summed E-state index contributed by atoms with van der Waals surface area (Å²) >= 11 is 0. The zero-order chi connectivity index (χ0) is 15.0. The van der Waals surface area contributed by atoms with Crippen molar-refractivity contribution in [2.24, 2.45) is 5.92 Å². The summed E-state index contributed by atoms with van der Waals surface area (Å²) < 4.78 is 5.70. The molecule has 1 saturated heterocycles. The van der Waals surface area contributed by atoms with Crippen molar-refractivity contribution in [1.82, 2.24) is 10.2 Å². The molecule has 2 unspecified atom stereocenters. The van der Waals surface area contributed by atoms with E-state index in [2.05, 4.69) is 44.8 Å². The van der Waals surface area contributed by atoms with Crippen LogP contribution in [0.4, 0.5) is 0 Å². The molecular formula is C17H36N2O. The second-order valence-corrected chi connectivity index (χ2v) is 6.90. The van der Waals surface area contributed by atoms with Gasteiger partial charge in [-0.2, -0.15) is 0 Å². The fourth-order valence-electron chi connectivity index (χ4n) is 2.96. The highest BCUT2D eigenvalue weighted by Crippen LogP contribution is 2.22. The fraction of sp³-hybridized carbons (Fsp3) is 1.00. The van der Waals surface area contributed by atoms with Crippen LogP contribution in [0, 0.1) is 5.92 Å². The summed E-state index contributed by atoms with van der Waals surface area (Å²) in [6.07, 6.45) is 4.77. The molecular weight excluding hydrogens is 248 g/mol. The van der Waals surface area contributed by atoms with Crippen LogP contribution in [0.5, 0.6) is 0 Å². The number of ether oxygens (including phenoxy) is 1. The monoisotopic (exact) mass is 284 g/mol. The van der Waals surface area contributed by atoms with Crippen LogP contribution in [0.3, 0.4) is 0 Å². The highest BCUT2D eigenvalue weighted by molar-refractivity contribution is 4.95. The van der Waals surface area contributed by atoms with Gasteiger partial charge in [-0.1, -0.05) is 34.1 Å². The summed E-state index contributed by atoms with van der Waals surface area (Å²) in [6, 6.07) is 0.672. The smallest absolute Gasteiger partial charge is 0.0478 e. The molecule has 1 heterocycles. The van der Waals surface area contributed by atoms with Crippen LogP contribution < -0.4 is 5.32 Å². The van der Waals surface area contributed by atoms with Gasteiger partial charge in [0.1, 0.15) is 0 Å². The molecule has 1 fully saturated rings. The average molecular weight is 284 g/mol. The quantitative estimate of drug-likeness (QED) is 0.658. The number of rotatable bonds is 9. The van der Waals surface area contributed by atoms with Gasteiger partial charge in [0.15, 0.2) is 0 Å². The number of hydrogen-bond donors (Lipinski definition) is 1. The molecule has 0 bridgehead atoms. The summed E-state index contributed by atoms with van der Waals surface area (Å²) in [7, 11) is 0. The number of nitrogens with one attached hydrogen (secondary N) is 1. The van der Waals surface area contributed by atoms with Gasteiger partial charge < -0.3 is 10.1 Å². The van der Waals surface area contributed by atoms with E-state index in [-0.39, 0.29) is 5.54 Å². The number of nitrogens with zero attached hydrogens (tertiary/aromatic N) is 1. The minimum Gasteiger partial charge on any atom is -0.381 e. The lowest BCUT2D eigenvalue weighted by atomic mass is 9.90. The van der Waals surface area contributed by atoms with E-state index in [1.165, 1.54) is 32.4 Å². The Morgan fingerprint density at radius 2 is 1.95 bits per heavy atom. The maximum absolute atomic E-state index is 5.70. The van der Waals surface area contributed by atoms with Gasteiger partial charge in [0.05, 0.1) is 0 Å².